The normalized spacial score (nSPS) is 11.2. The van der Waals surface area contributed by atoms with E-state index in [0.717, 1.165) is 18.5 Å². The zero-order chi connectivity index (χ0) is 22.7. The van der Waals surface area contributed by atoms with Crippen LogP contribution >= 0.6 is 0 Å². The molecule has 0 aliphatic heterocycles. The number of carbonyl (C=O) groups excluding carboxylic acids is 1. The Balaban J connectivity index is 1.37. The summed E-state index contributed by atoms with van der Waals surface area (Å²) in [5.41, 5.74) is 1.12. The Kier molecular flexibility index (Phi) is 14.6. The zero-order valence-electron chi connectivity index (χ0n) is 20.7. The Morgan fingerprint density at radius 3 is 1.72 bits per heavy atom. The smallest absolute Gasteiger partial charge is 0.224 e. The van der Waals surface area contributed by atoms with Crippen LogP contribution in [0.5, 0.6) is 0 Å². The zero-order valence-corrected chi connectivity index (χ0v) is 20.7. The number of amides is 1. The average molecular weight is 438 g/mol. The maximum Gasteiger partial charge on any atom is 0.224 e. The van der Waals surface area contributed by atoms with Gasteiger partial charge in [0, 0.05) is 6.54 Å². The Bertz CT molecular complexity index is 733. The number of carbonyl (C=O) groups is 1. The van der Waals surface area contributed by atoms with Crippen molar-refractivity contribution in [3.8, 4) is 0 Å². The van der Waals surface area contributed by atoms with Gasteiger partial charge in [0.25, 0.3) is 0 Å². The molecule has 2 aromatic rings. The van der Waals surface area contributed by atoms with Crippen LogP contribution in [0, 0.1) is 0 Å². The van der Waals surface area contributed by atoms with E-state index in [1.54, 1.807) is 0 Å². The molecule has 0 atom stereocenters. The minimum absolute atomic E-state index is 0.141. The topological polar surface area (TPSA) is 29.1 Å². The van der Waals surface area contributed by atoms with Crippen molar-refractivity contribution < 1.29 is 4.79 Å². The standard InChI is InChI=1S/C30H47NO/c1-2-3-4-5-6-7-8-9-10-11-12-13-14-15-16-19-25-31-30(32)26-28-23-20-22-27-21-17-18-24-29(27)28/h17-18,20-24H,2-16,19,25-26H2,1H3,(H,31,32). The molecule has 0 radical (unpaired) electrons. The van der Waals surface area contributed by atoms with Crippen LogP contribution in [0.25, 0.3) is 10.8 Å². The first kappa shape index (κ1) is 26.4. The monoisotopic (exact) mass is 437 g/mol. The second-order valence-corrected chi connectivity index (χ2v) is 9.47. The van der Waals surface area contributed by atoms with Crippen molar-refractivity contribution in [2.45, 2.75) is 116 Å². The van der Waals surface area contributed by atoms with Gasteiger partial charge in [0.15, 0.2) is 0 Å². The van der Waals surface area contributed by atoms with Gasteiger partial charge in [-0.1, -0.05) is 146 Å². The minimum atomic E-state index is 0.141. The number of benzene rings is 2. The number of unbranched alkanes of at least 4 members (excludes halogenated alkanes) is 15. The van der Waals surface area contributed by atoms with Crippen LogP contribution in [0.2, 0.25) is 0 Å². The lowest BCUT2D eigenvalue weighted by Crippen LogP contribution is -2.26. The molecule has 2 aromatic carbocycles. The SMILES string of the molecule is CCCCCCCCCCCCCCCCCCNC(=O)Cc1cccc2ccccc12. The summed E-state index contributed by atoms with van der Waals surface area (Å²) in [5, 5.41) is 5.50. The highest BCUT2D eigenvalue weighted by atomic mass is 16.1. The molecule has 0 unspecified atom stereocenters. The van der Waals surface area contributed by atoms with Crippen LogP contribution in [0.4, 0.5) is 0 Å². The largest absolute Gasteiger partial charge is 0.356 e. The van der Waals surface area contributed by atoms with Gasteiger partial charge in [-0.3, -0.25) is 4.79 Å². The molecular weight excluding hydrogens is 390 g/mol. The second kappa shape index (κ2) is 17.7. The molecule has 0 saturated carbocycles. The molecule has 0 fully saturated rings. The first-order chi connectivity index (χ1) is 15.8. The summed E-state index contributed by atoms with van der Waals surface area (Å²) in [6.45, 7) is 3.09. The van der Waals surface area contributed by atoms with E-state index in [1.807, 2.05) is 18.2 Å². The van der Waals surface area contributed by atoms with Gasteiger partial charge in [-0.25, -0.2) is 0 Å². The van der Waals surface area contributed by atoms with Gasteiger partial charge in [0.2, 0.25) is 5.91 Å². The lowest BCUT2D eigenvalue weighted by atomic mass is 10.0. The molecule has 2 heteroatoms. The van der Waals surface area contributed by atoms with Crippen molar-refractivity contribution in [3.63, 3.8) is 0 Å². The van der Waals surface area contributed by atoms with Crippen LogP contribution in [-0.2, 0) is 11.2 Å². The molecule has 0 aromatic heterocycles. The Hall–Kier alpha value is -1.83. The van der Waals surface area contributed by atoms with Crippen LogP contribution in [0.1, 0.15) is 115 Å². The highest BCUT2D eigenvalue weighted by Gasteiger charge is 2.06. The van der Waals surface area contributed by atoms with Crippen LogP contribution in [0.15, 0.2) is 42.5 Å². The van der Waals surface area contributed by atoms with E-state index in [9.17, 15) is 4.79 Å². The summed E-state index contributed by atoms with van der Waals surface area (Å²) in [6, 6.07) is 14.5. The van der Waals surface area contributed by atoms with Gasteiger partial charge in [0.05, 0.1) is 6.42 Å². The Morgan fingerprint density at radius 1 is 0.625 bits per heavy atom. The van der Waals surface area contributed by atoms with E-state index < -0.39 is 0 Å². The molecule has 1 N–H and O–H groups in total. The van der Waals surface area contributed by atoms with E-state index in [-0.39, 0.29) is 5.91 Å². The predicted octanol–water partition coefficient (Wildman–Crippen LogP) is 8.76. The fraction of sp³-hybridized carbons (Fsp3) is 0.633. The summed E-state index contributed by atoms with van der Waals surface area (Å²) >= 11 is 0. The molecule has 178 valence electrons. The van der Waals surface area contributed by atoms with E-state index in [4.69, 9.17) is 0 Å². The Labute approximate surface area is 197 Å². The van der Waals surface area contributed by atoms with Crippen molar-refractivity contribution in [1.82, 2.24) is 5.32 Å². The number of fused-ring (bicyclic) bond motifs is 1. The van der Waals surface area contributed by atoms with E-state index >= 15 is 0 Å². The molecule has 0 bridgehead atoms. The third kappa shape index (κ3) is 11.7. The minimum Gasteiger partial charge on any atom is -0.356 e. The van der Waals surface area contributed by atoms with Gasteiger partial charge < -0.3 is 5.32 Å². The van der Waals surface area contributed by atoms with Crippen molar-refractivity contribution in [2.24, 2.45) is 0 Å². The van der Waals surface area contributed by atoms with E-state index in [2.05, 4.69) is 36.5 Å². The summed E-state index contributed by atoms with van der Waals surface area (Å²) in [5.74, 6) is 0.141. The third-order valence-corrected chi connectivity index (χ3v) is 6.58. The van der Waals surface area contributed by atoms with Crippen LogP contribution in [-0.4, -0.2) is 12.5 Å². The van der Waals surface area contributed by atoms with Gasteiger partial charge in [-0.15, -0.1) is 0 Å². The molecule has 2 rings (SSSR count). The molecule has 0 spiro atoms. The molecule has 0 aliphatic carbocycles. The van der Waals surface area contributed by atoms with Crippen LogP contribution < -0.4 is 5.32 Å². The summed E-state index contributed by atoms with van der Waals surface area (Å²) < 4.78 is 0. The van der Waals surface area contributed by atoms with Gasteiger partial charge in [-0.05, 0) is 22.8 Å². The first-order valence-corrected chi connectivity index (χ1v) is 13.5. The maximum atomic E-state index is 12.3. The fourth-order valence-corrected chi connectivity index (χ4v) is 4.58. The summed E-state index contributed by atoms with van der Waals surface area (Å²) in [7, 11) is 0. The lowest BCUT2D eigenvalue weighted by molar-refractivity contribution is -0.120. The van der Waals surface area contributed by atoms with Crippen molar-refractivity contribution in [3.05, 3.63) is 48.0 Å². The highest BCUT2D eigenvalue weighted by Crippen LogP contribution is 2.19. The van der Waals surface area contributed by atoms with E-state index in [0.29, 0.717) is 6.42 Å². The quantitative estimate of drug-likeness (QED) is 0.219. The highest BCUT2D eigenvalue weighted by molar-refractivity contribution is 5.90. The molecule has 1 amide bonds. The maximum absolute atomic E-state index is 12.3. The fourth-order valence-electron chi connectivity index (χ4n) is 4.58. The third-order valence-electron chi connectivity index (χ3n) is 6.58. The van der Waals surface area contributed by atoms with Crippen molar-refractivity contribution in [2.75, 3.05) is 6.54 Å². The van der Waals surface area contributed by atoms with E-state index in [1.165, 1.54) is 107 Å². The van der Waals surface area contributed by atoms with Gasteiger partial charge in [0.1, 0.15) is 0 Å². The molecule has 0 aliphatic rings. The Morgan fingerprint density at radius 2 is 1.12 bits per heavy atom. The van der Waals surface area contributed by atoms with Gasteiger partial charge >= 0.3 is 0 Å². The predicted molar refractivity (Wildman–Crippen MR) is 140 cm³/mol. The van der Waals surface area contributed by atoms with Gasteiger partial charge in [-0.2, -0.15) is 0 Å². The molecule has 2 nitrogen and oxygen atoms in total. The number of rotatable bonds is 19. The second-order valence-electron chi connectivity index (χ2n) is 9.47. The molecule has 0 saturated heterocycles. The first-order valence-electron chi connectivity index (χ1n) is 13.5. The average Bonchev–Trinajstić information content (AvgIpc) is 2.81. The summed E-state index contributed by atoms with van der Waals surface area (Å²) in [4.78, 5) is 12.3. The van der Waals surface area contributed by atoms with Crippen molar-refractivity contribution in [1.29, 1.82) is 0 Å². The number of hydrogen-bond acceptors (Lipinski definition) is 1. The lowest BCUT2D eigenvalue weighted by Gasteiger charge is -2.08. The number of hydrogen-bond donors (Lipinski definition) is 1. The molecular formula is C30H47NO. The molecule has 0 heterocycles. The van der Waals surface area contributed by atoms with Crippen molar-refractivity contribution >= 4 is 16.7 Å². The van der Waals surface area contributed by atoms with Crippen LogP contribution in [0.3, 0.4) is 0 Å². The molecule has 32 heavy (non-hydrogen) atoms. The summed E-state index contributed by atoms with van der Waals surface area (Å²) in [6.07, 6.45) is 22.5. The number of nitrogens with one attached hydrogen (secondary N) is 1.